The van der Waals surface area contributed by atoms with Crippen molar-refractivity contribution in [1.82, 2.24) is 5.32 Å². The molecule has 3 rings (SSSR count). The van der Waals surface area contributed by atoms with E-state index in [0.29, 0.717) is 11.7 Å². The van der Waals surface area contributed by atoms with Gasteiger partial charge >= 0.3 is 0 Å². The molecule has 0 saturated carbocycles. The van der Waals surface area contributed by atoms with Crippen molar-refractivity contribution in [3.8, 4) is 0 Å². The van der Waals surface area contributed by atoms with Gasteiger partial charge in [-0.15, -0.1) is 0 Å². The second-order valence-electron chi connectivity index (χ2n) is 5.15. The van der Waals surface area contributed by atoms with Gasteiger partial charge in [0.1, 0.15) is 0 Å². The Bertz CT molecular complexity index is 703. The lowest BCUT2D eigenvalue weighted by Gasteiger charge is -2.26. The summed E-state index contributed by atoms with van der Waals surface area (Å²) < 4.78 is 0. The molecule has 2 nitrogen and oxygen atoms in total. The SMILES string of the molecule is S=C(NCc1ccccc1)N(c1ccccc1)c1ccccc1. The molecule has 0 saturated heterocycles. The Morgan fingerprint density at radius 3 is 1.61 bits per heavy atom. The van der Waals surface area contributed by atoms with Crippen molar-refractivity contribution in [2.45, 2.75) is 6.54 Å². The van der Waals surface area contributed by atoms with Gasteiger partial charge in [-0.25, -0.2) is 0 Å². The number of rotatable bonds is 4. The highest BCUT2D eigenvalue weighted by Gasteiger charge is 2.13. The van der Waals surface area contributed by atoms with Crippen molar-refractivity contribution >= 4 is 28.7 Å². The average molecular weight is 318 g/mol. The van der Waals surface area contributed by atoms with Crippen LogP contribution in [-0.2, 0) is 6.54 Å². The summed E-state index contributed by atoms with van der Waals surface area (Å²) in [6, 6.07) is 30.6. The van der Waals surface area contributed by atoms with E-state index in [-0.39, 0.29) is 0 Å². The van der Waals surface area contributed by atoms with Gasteiger partial charge in [-0.05, 0) is 42.0 Å². The van der Waals surface area contributed by atoms with Crippen LogP contribution in [0.15, 0.2) is 91.0 Å². The van der Waals surface area contributed by atoms with Crippen molar-refractivity contribution in [2.24, 2.45) is 0 Å². The monoisotopic (exact) mass is 318 g/mol. The van der Waals surface area contributed by atoms with Crippen LogP contribution in [0.2, 0.25) is 0 Å². The molecule has 0 aromatic heterocycles. The normalized spacial score (nSPS) is 10.1. The van der Waals surface area contributed by atoms with Gasteiger partial charge in [-0.2, -0.15) is 0 Å². The molecule has 0 amide bonds. The minimum Gasteiger partial charge on any atom is -0.358 e. The van der Waals surface area contributed by atoms with Crippen LogP contribution in [0.4, 0.5) is 11.4 Å². The maximum absolute atomic E-state index is 5.65. The third-order valence-corrected chi connectivity index (χ3v) is 3.85. The Kier molecular flexibility index (Phi) is 5.02. The largest absolute Gasteiger partial charge is 0.358 e. The van der Waals surface area contributed by atoms with Crippen LogP contribution in [0.25, 0.3) is 0 Å². The molecule has 0 fully saturated rings. The summed E-state index contributed by atoms with van der Waals surface area (Å²) >= 11 is 5.65. The molecular formula is C20H18N2S. The molecule has 0 atom stereocenters. The lowest BCUT2D eigenvalue weighted by atomic mass is 10.2. The van der Waals surface area contributed by atoms with Gasteiger partial charge in [0.25, 0.3) is 0 Å². The van der Waals surface area contributed by atoms with Crippen molar-refractivity contribution < 1.29 is 0 Å². The molecule has 3 heteroatoms. The first-order chi connectivity index (χ1) is 11.3. The van der Waals surface area contributed by atoms with Gasteiger partial charge in [-0.1, -0.05) is 66.7 Å². The first-order valence-electron chi connectivity index (χ1n) is 7.56. The molecule has 0 spiro atoms. The predicted octanol–water partition coefficient (Wildman–Crippen LogP) is 4.90. The zero-order chi connectivity index (χ0) is 15.9. The number of anilines is 2. The summed E-state index contributed by atoms with van der Waals surface area (Å²) in [7, 11) is 0. The van der Waals surface area contributed by atoms with E-state index in [2.05, 4.69) is 46.6 Å². The van der Waals surface area contributed by atoms with Crippen LogP contribution in [-0.4, -0.2) is 5.11 Å². The van der Waals surface area contributed by atoms with E-state index < -0.39 is 0 Å². The summed E-state index contributed by atoms with van der Waals surface area (Å²) in [5.41, 5.74) is 3.30. The highest BCUT2D eigenvalue weighted by atomic mass is 32.1. The average Bonchev–Trinajstić information content (AvgIpc) is 2.63. The maximum Gasteiger partial charge on any atom is 0.178 e. The maximum atomic E-state index is 5.65. The van der Waals surface area contributed by atoms with Crippen molar-refractivity contribution in [2.75, 3.05) is 4.90 Å². The summed E-state index contributed by atoms with van der Waals surface area (Å²) in [5.74, 6) is 0. The van der Waals surface area contributed by atoms with Crippen LogP contribution >= 0.6 is 12.2 Å². The van der Waals surface area contributed by atoms with Gasteiger partial charge in [-0.3, -0.25) is 4.90 Å². The topological polar surface area (TPSA) is 15.3 Å². The van der Waals surface area contributed by atoms with Crippen molar-refractivity contribution in [1.29, 1.82) is 0 Å². The van der Waals surface area contributed by atoms with Gasteiger partial charge in [0.05, 0.1) is 0 Å². The van der Waals surface area contributed by atoms with Crippen LogP contribution in [0, 0.1) is 0 Å². The Labute approximate surface area is 142 Å². The van der Waals surface area contributed by atoms with Crippen LogP contribution < -0.4 is 10.2 Å². The summed E-state index contributed by atoms with van der Waals surface area (Å²) in [6.45, 7) is 0.704. The van der Waals surface area contributed by atoms with E-state index in [1.165, 1.54) is 5.56 Å². The number of para-hydroxylation sites is 2. The third kappa shape index (κ3) is 3.96. The van der Waals surface area contributed by atoms with Crippen molar-refractivity contribution in [3.05, 3.63) is 96.6 Å². The molecule has 114 valence electrons. The predicted molar refractivity (Wildman–Crippen MR) is 101 cm³/mol. The fourth-order valence-corrected chi connectivity index (χ4v) is 2.67. The summed E-state index contributed by atoms with van der Waals surface area (Å²) in [6.07, 6.45) is 0. The summed E-state index contributed by atoms with van der Waals surface area (Å²) in [4.78, 5) is 2.05. The minimum absolute atomic E-state index is 0.686. The van der Waals surface area contributed by atoms with Crippen LogP contribution in [0.1, 0.15) is 5.56 Å². The molecule has 3 aromatic rings. The van der Waals surface area contributed by atoms with E-state index in [9.17, 15) is 0 Å². The molecule has 0 unspecified atom stereocenters. The number of benzene rings is 3. The molecule has 0 aliphatic carbocycles. The van der Waals surface area contributed by atoms with Crippen LogP contribution in [0.5, 0.6) is 0 Å². The third-order valence-electron chi connectivity index (χ3n) is 3.52. The van der Waals surface area contributed by atoms with E-state index in [4.69, 9.17) is 12.2 Å². The fraction of sp³-hybridized carbons (Fsp3) is 0.0500. The van der Waals surface area contributed by atoms with Gasteiger partial charge in [0.15, 0.2) is 5.11 Å². The van der Waals surface area contributed by atoms with Crippen molar-refractivity contribution in [3.63, 3.8) is 0 Å². The molecular weight excluding hydrogens is 300 g/mol. The molecule has 0 aliphatic heterocycles. The Balaban J connectivity index is 1.82. The van der Waals surface area contributed by atoms with E-state index in [0.717, 1.165) is 11.4 Å². The number of thiocarbonyl (C=S) groups is 1. The molecule has 3 aromatic carbocycles. The van der Waals surface area contributed by atoms with Gasteiger partial charge in [0, 0.05) is 17.9 Å². The highest BCUT2D eigenvalue weighted by molar-refractivity contribution is 7.80. The lowest BCUT2D eigenvalue weighted by Crippen LogP contribution is -2.36. The molecule has 23 heavy (non-hydrogen) atoms. The van der Waals surface area contributed by atoms with Gasteiger partial charge < -0.3 is 5.32 Å². The molecule has 0 bridgehead atoms. The standard InChI is InChI=1S/C20H18N2S/c23-20(21-16-17-10-4-1-5-11-17)22(18-12-6-2-7-13-18)19-14-8-3-9-15-19/h1-15H,16H2,(H,21,23). The molecule has 0 radical (unpaired) electrons. The first kappa shape index (κ1) is 15.3. The lowest BCUT2D eigenvalue weighted by molar-refractivity contribution is 0.913. The zero-order valence-electron chi connectivity index (χ0n) is 12.7. The minimum atomic E-state index is 0.686. The number of nitrogens with zero attached hydrogens (tertiary/aromatic N) is 1. The summed E-state index contributed by atoms with van der Waals surface area (Å²) in [5, 5.41) is 4.04. The Morgan fingerprint density at radius 2 is 1.13 bits per heavy atom. The molecule has 0 heterocycles. The smallest absolute Gasteiger partial charge is 0.178 e. The number of nitrogens with one attached hydrogen (secondary N) is 1. The van der Waals surface area contributed by atoms with E-state index in [1.54, 1.807) is 0 Å². The first-order valence-corrected chi connectivity index (χ1v) is 7.97. The van der Waals surface area contributed by atoms with Gasteiger partial charge in [0.2, 0.25) is 0 Å². The molecule has 0 aliphatic rings. The fourth-order valence-electron chi connectivity index (χ4n) is 2.39. The number of hydrogen-bond donors (Lipinski definition) is 1. The quantitative estimate of drug-likeness (QED) is 0.689. The Hall–Kier alpha value is -2.65. The van der Waals surface area contributed by atoms with E-state index in [1.807, 2.05) is 54.6 Å². The second kappa shape index (κ2) is 7.56. The van der Waals surface area contributed by atoms with Crippen LogP contribution in [0.3, 0.4) is 0 Å². The zero-order valence-corrected chi connectivity index (χ0v) is 13.5. The number of hydrogen-bond acceptors (Lipinski definition) is 1. The highest BCUT2D eigenvalue weighted by Crippen LogP contribution is 2.25. The molecule has 1 N–H and O–H groups in total. The Morgan fingerprint density at radius 1 is 0.696 bits per heavy atom. The van der Waals surface area contributed by atoms with E-state index >= 15 is 0 Å². The second-order valence-corrected chi connectivity index (χ2v) is 5.54.